The maximum atomic E-state index is 12.1. The Morgan fingerprint density at radius 1 is 1.50 bits per heavy atom. The molecular weight excluding hydrogens is 252 g/mol. The Labute approximate surface area is 121 Å². The summed E-state index contributed by atoms with van der Waals surface area (Å²) in [6.07, 6.45) is 4.00. The van der Waals surface area contributed by atoms with Gasteiger partial charge < -0.3 is 15.0 Å². The van der Waals surface area contributed by atoms with Gasteiger partial charge in [-0.1, -0.05) is 12.1 Å². The number of nitrogens with one attached hydrogen (secondary N) is 1. The average Bonchev–Trinajstić information content (AvgIpc) is 2.98. The van der Waals surface area contributed by atoms with Gasteiger partial charge in [0.2, 0.25) is 5.91 Å². The number of amides is 1. The molecule has 4 heteroatoms. The number of hydrogen-bond donors (Lipinski definition) is 1. The molecule has 0 spiro atoms. The fraction of sp³-hybridized carbons (Fsp3) is 0.562. The van der Waals surface area contributed by atoms with Gasteiger partial charge in [-0.2, -0.15) is 0 Å². The molecule has 1 fully saturated rings. The topological polar surface area (TPSA) is 41.6 Å². The summed E-state index contributed by atoms with van der Waals surface area (Å²) in [6, 6.07) is 8.39. The maximum Gasteiger partial charge on any atom is 0.222 e. The second-order valence-electron chi connectivity index (χ2n) is 5.43. The molecule has 1 saturated heterocycles. The molecule has 4 nitrogen and oxygen atoms in total. The van der Waals surface area contributed by atoms with Crippen LogP contribution in [0.25, 0.3) is 0 Å². The number of ether oxygens (including phenoxy) is 1. The summed E-state index contributed by atoms with van der Waals surface area (Å²) in [6.45, 7) is 1.73. The molecule has 0 aliphatic carbocycles. The summed E-state index contributed by atoms with van der Waals surface area (Å²) in [4.78, 5) is 13.9. The molecule has 1 N–H and O–H groups in total. The van der Waals surface area contributed by atoms with Gasteiger partial charge in [-0.05, 0) is 43.5 Å². The van der Waals surface area contributed by atoms with Gasteiger partial charge in [0.05, 0.1) is 7.11 Å². The lowest BCUT2D eigenvalue weighted by Gasteiger charge is -2.19. The molecule has 110 valence electrons. The summed E-state index contributed by atoms with van der Waals surface area (Å²) in [5.41, 5.74) is 1.10. The molecule has 0 bridgehead atoms. The Morgan fingerprint density at radius 2 is 2.35 bits per heavy atom. The van der Waals surface area contributed by atoms with Crippen LogP contribution in [0.2, 0.25) is 0 Å². The average molecular weight is 276 g/mol. The van der Waals surface area contributed by atoms with Gasteiger partial charge in [-0.25, -0.2) is 0 Å². The standard InChI is InChI=1S/C16H24N2O2/c1-18(12-13-5-3-7-15(11-13)20-2)16(19)9-8-14-6-4-10-17-14/h3,5,7,11,14,17H,4,6,8-10,12H2,1-2H3. The van der Waals surface area contributed by atoms with Crippen LogP contribution in [-0.2, 0) is 11.3 Å². The molecule has 1 atom stereocenters. The van der Waals surface area contributed by atoms with Crippen LogP contribution in [-0.4, -0.2) is 37.6 Å². The van der Waals surface area contributed by atoms with Crippen LogP contribution in [0.4, 0.5) is 0 Å². The largest absolute Gasteiger partial charge is 0.497 e. The van der Waals surface area contributed by atoms with Crippen molar-refractivity contribution in [3.05, 3.63) is 29.8 Å². The number of carbonyl (C=O) groups excluding carboxylic acids is 1. The van der Waals surface area contributed by atoms with Crippen molar-refractivity contribution in [2.45, 2.75) is 38.3 Å². The Balaban J connectivity index is 1.80. The third-order valence-electron chi connectivity index (χ3n) is 3.85. The van der Waals surface area contributed by atoms with Crippen LogP contribution in [0.15, 0.2) is 24.3 Å². The Morgan fingerprint density at radius 3 is 3.05 bits per heavy atom. The first-order chi connectivity index (χ1) is 9.69. The molecule has 0 aromatic heterocycles. The van der Waals surface area contributed by atoms with Crippen LogP contribution in [0.3, 0.4) is 0 Å². The molecule has 1 amide bonds. The van der Waals surface area contributed by atoms with E-state index in [1.807, 2.05) is 31.3 Å². The van der Waals surface area contributed by atoms with E-state index in [1.54, 1.807) is 12.0 Å². The van der Waals surface area contributed by atoms with E-state index >= 15 is 0 Å². The van der Waals surface area contributed by atoms with Crippen LogP contribution in [0.1, 0.15) is 31.2 Å². The molecule has 2 rings (SSSR count). The number of carbonyl (C=O) groups is 1. The summed E-state index contributed by atoms with van der Waals surface area (Å²) in [7, 11) is 3.52. The quantitative estimate of drug-likeness (QED) is 0.866. The van der Waals surface area contributed by atoms with E-state index in [2.05, 4.69) is 5.32 Å². The predicted molar refractivity (Wildman–Crippen MR) is 79.7 cm³/mol. The smallest absolute Gasteiger partial charge is 0.222 e. The summed E-state index contributed by atoms with van der Waals surface area (Å²) in [5.74, 6) is 1.04. The van der Waals surface area contributed by atoms with E-state index in [0.717, 1.165) is 24.3 Å². The predicted octanol–water partition coefficient (Wildman–Crippen LogP) is 2.19. The van der Waals surface area contributed by atoms with Gasteiger partial charge in [0, 0.05) is 26.1 Å². The van der Waals surface area contributed by atoms with Gasteiger partial charge in [0.1, 0.15) is 5.75 Å². The SMILES string of the molecule is COc1cccc(CN(C)C(=O)CCC2CCCN2)c1. The minimum atomic E-state index is 0.210. The fourth-order valence-electron chi connectivity index (χ4n) is 2.62. The summed E-state index contributed by atoms with van der Waals surface area (Å²) in [5, 5.41) is 3.43. The highest BCUT2D eigenvalue weighted by atomic mass is 16.5. The van der Waals surface area contributed by atoms with E-state index in [1.165, 1.54) is 12.8 Å². The number of methoxy groups -OCH3 is 1. The maximum absolute atomic E-state index is 12.1. The van der Waals surface area contributed by atoms with E-state index in [4.69, 9.17) is 4.74 Å². The van der Waals surface area contributed by atoms with Gasteiger partial charge in [-0.3, -0.25) is 4.79 Å². The minimum absolute atomic E-state index is 0.210. The molecule has 1 aliphatic rings. The monoisotopic (exact) mass is 276 g/mol. The molecule has 1 aliphatic heterocycles. The third kappa shape index (κ3) is 4.23. The molecule has 0 radical (unpaired) electrons. The van der Waals surface area contributed by atoms with E-state index in [0.29, 0.717) is 19.0 Å². The molecule has 1 heterocycles. The zero-order chi connectivity index (χ0) is 14.4. The van der Waals surface area contributed by atoms with Gasteiger partial charge >= 0.3 is 0 Å². The van der Waals surface area contributed by atoms with E-state index in [-0.39, 0.29) is 5.91 Å². The zero-order valence-corrected chi connectivity index (χ0v) is 12.4. The molecule has 0 saturated carbocycles. The first-order valence-corrected chi connectivity index (χ1v) is 7.29. The van der Waals surface area contributed by atoms with Crippen molar-refractivity contribution in [2.24, 2.45) is 0 Å². The Hall–Kier alpha value is -1.55. The normalized spacial score (nSPS) is 18.0. The van der Waals surface area contributed by atoms with Crippen molar-refractivity contribution >= 4 is 5.91 Å². The molecular formula is C16H24N2O2. The van der Waals surface area contributed by atoms with Gasteiger partial charge in [0.25, 0.3) is 0 Å². The fourth-order valence-corrected chi connectivity index (χ4v) is 2.62. The first-order valence-electron chi connectivity index (χ1n) is 7.29. The van der Waals surface area contributed by atoms with Crippen molar-refractivity contribution in [3.8, 4) is 5.75 Å². The number of rotatable bonds is 6. The zero-order valence-electron chi connectivity index (χ0n) is 12.4. The number of nitrogens with zero attached hydrogens (tertiary/aromatic N) is 1. The Kier molecular flexibility index (Phi) is 5.41. The second-order valence-corrected chi connectivity index (χ2v) is 5.43. The van der Waals surface area contributed by atoms with Crippen LogP contribution in [0, 0.1) is 0 Å². The van der Waals surface area contributed by atoms with E-state index in [9.17, 15) is 4.79 Å². The van der Waals surface area contributed by atoms with Crippen LogP contribution in [0.5, 0.6) is 5.75 Å². The lowest BCUT2D eigenvalue weighted by Crippen LogP contribution is -2.29. The second kappa shape index (κ2) is 7.29. The highest BCUT2D eigenvalue weighted by Crippen LogP contribution is 2.15. The van der Waals surface area contributed by atoms with Crippen molar-refractivity contribution in [3.63, 3.8) is 0 Å². The summed E-state index contributed by atoms with van der Waals surface area (Å²) < 4.78 is 5.20. The van der Waals surface area contributed by atoms with Crippen molar-refractivity contribution < 1.29 is 9.53 Å². The van der Waals surface area contributed by atoms with E-state index < -0.39 is 0 Å². The third-order valence-corrected chi connectivity index (χ3v) is 3.85. The van der Waals surface area contributed by atoms with Gasteiger partial charge in [-0.15, -0.1) is 0 Å². The summed E-state index contributed by atoms with van der Waals surface area (Å²) >= 11 is 0. The highest BCUT2D eigenvalue weighted by Gasteiger charge is 2.17. The van der Waals surface area contributed by atoms with Crippen molar-refractivity contribution in [2.75, 3.05) is 20.7 Å². The lowest BCUT2D eigenvalue weighted by molar-refractivity contribution is -0.130. The van der Waals surface area contributed by atoms with Crippen LogP contribution < -0.4 is 10.1 Å². The minimum Gasteiger partial charge on any atom is -0.497 e. The molecule has 20 heavy (non-hydrogen) atoms. The number of hydrogen-bond acceptors (Lipinski definition) is 3. The molecule has 1 unspecified atom stereocenters. The van der Waals surface area contributed by atoms with Crippen LogP contribution >= 0.6 is 0 Å². The van der Waals surface area contributed by atoms with Gasteiger partial charge in [0.15, 0.2) is 0 Å². The van der Waals surface area contributed by atoms with Crippen molar-refractivity contribution in [1.29, 1.82) is 0 Å². The lowest BCUT2D eigenvalue weighted by atomic mass is 10.1. The molecule has 1 aromatic carbocycles. The first kappa shape index (κ1) is 14.9. The highest BCUT2D eigenvalue weighted by molar-refractivity contribution is 5.75. The number of benzene rings is 1. The van der Waals surface area contributed by atoms with Crippen molar-refractivity contribution in [1.82, 2.24) is 10.2 Å². The molecule has 1 aromatic rings. The Bertz CT molecular complexity index is 442.